The molecule has 0 aromatic carbocycles. The molecular weight excluding hydrogens is 238 g/mol. The molecule has 5 heteroatoms. The molecule has 0 atom stereocenters. The Balaban J connectivity index is 1.81. The summed E-state index contributed by atoms with van der Waals surface area (Å²) in [6.45, 7) is 6.03. The molecule has 102 valence electrons. The first-order chi connectivity index (χ1) is 9.14. The number of aromatic nitrogens is 4. The van der Waals surface area contributed by atoms with Crippen LogP contribution < -0.4 is 5.73 Å². The van der Waals surface area contributed by atoms with Gasteiger partial charge in [-0.25, -0.2) is 9.67 Å². The topological polar surface area (TPSA) is 61.7 Å². The highest BCUT2D eigenvalue weighted by molar-refractivity contribution is 5.77. The summed E-state index contributed by atoms with van der Waals surface area (Å²) in [5.74, 6) is 1.59. The van der Waals surface area contributed by atoms with Gasteiger partial charge in [0.15, 0.2) is 5.65 Å². The number of hydrogen-bond acceptors (Lipinski definition) is 3. The van der Waals surface area contributed by atoms with E-state index in [0.29, 0.717) is 11.4 Å². The Kier molecular flexibility index (Phi) is 2.10. The Bertz CT molecular complexity index is 642. The predicted octanol–water partition coefficient (Wildman–Crippen LogP) is 2.33. The van der Waals surface area contributed by atoms with Crippen LogP contribution in [0.4, 0.5) is 5.95 Å². The SMILES string of the molecule is CCn1nc(C)c2nc(N)n(CC3(C4CC4)CC3)c21. The van der Waals surface area contributed by atoms with E-state index in [0.717, 1.165) is 35.9 Å². The van der Waals surface area contributed by atoms with Crippen LogP contribution in [-0.4, -0.2) is 19.3 Å². The molecule has 0 radical (unpaired) electrons. The van der Waals surface area contributed by atoms with Crippen molar-refractivity contribution < 1.29 is 0 Å². The molecule has 19 heavy (non-hydrogen) atoms. The van der Waals surface area contributed by atoms with Crippen molar-refractivity contribution in [2.45, 2.75) is 52.6 Å². The Hall–Kier alpha value is -1.52. The first-order valence-electron chi connectivity index (χ1n) is 7.34. The zero-order chi connectivity index (χ0) is 13.2. The van der Waals surface area contributed by atoms with E-state index >= 15 is 0 Å². The quantitative estimate of drug-likeness (QED) is 0.916. The van der Waals surface area contributed by atoms with E-state index in [-0.39, 0.29) is 0 Å². The third kappa shape index (κ3) is 1.53. The first-order valence-corrected chi connectivity index (χ1v) is 7.34. The molecule has 2 saturated carbocycles. The van der Waals surface area contributed by atoms with Gasteiger partial charge in [-0.1, -0.05) is 0 Å². The lowest BCUT2D eigenvalue weighted by atomic mass is 10.0. The fourth-order valence-corrected chi connectivity index (χ4v) is 3.48. The minimum absolute atomic E-state index is 0.526. The van der Waals surface area contributed by atoms with Crippen molar-refractivity contribution in [2.24, 2.45) is 11.3 Å². The fourth-order valence-electron chi connectivity index (χ4n) is 3.48. The largest absolute Gasteiger partial charge is 0.369 e. The summed E-state index contributed by atoms with van der Waals surface area (Å²) < 4.78 is 4.25. The lowest BCUT2D eigenvalue weighted by Gasteiger charge is -2.16. The molecule has 2 heterocycles. The number of nitrogens with zero attached hydrogens (tertiary/aromatic N) is 4. The summed E-state index contributed by atoms with van der Waals surface area (Å²) >= 11 is 0. The Morgan fingerprint density at radius 2 is 2.11 bits per heavy atom. The van der Waals surface area contributed by atoms with Gasteiger partial charge in [-0.15, -0.1) is 0 Å². The summed E-state index contributed by atoms with van der Waals surface area (Å²) in [6.07, 6.45) is 5.53. The highest BCUT2D eigenvalue weighted by Crippen LogP contribution is 2.62. The molecular formula is C14H21N5. The zero-order valence-electron chi connectivity index (χ0n) is 11.7. The number of aryl methyl sites for hydroxylation is 2. The molecule has 0 bridgehead atoms. The number of hydrogen-bond donors (Lipinski definition) is 1. The minimum atomic E-state index is 0.526. The van der Waals surface area contributed by atoms with Crippen LogP contribution in [-0.2, 0) is 13.1 Å². The van der Waals surface area contributed by atoms with Crippen LogP contribution >= 0.6 is 0 Å². The minimum Gasteiger partial charge on any atom is -0.369 e. The smallest absolute Gasteiger partial charge is 0.202 e. The maximum Gasteiger partial charge on any atom is 0.202 e. The fraction of sp³-hybridized carbons (Fsp3) is 0.714. The molecule has 2 aromatic heterocycles. The highest BCUT2D eigenvalue weighted by Gasteiger charge is 2.54. The number of fused-ring (bicyclic) bond motifs is 1. The molecule has 0 saturated heterocycles. The summed E-state index contributed by atoms with van der Waals surface area (Å²) in [5.41, 5.74) is 9.76. The van der Waals surface area contributed by atoms with E-state index < -0.39 is 0 Å². The molecule has 2 aromatic rings. The van der Waals surface area contributed by atoms with E-state index in [2.05, 4.69) is 21.6 Å². The molecule has 2 N–H and O–H groups in total. The number of nitrogen functional groups attached to an aromatic ring is 1. The maximum atomic E-state index is 6.16. The van der Waals surface area contributed by atoms with Crippen molar-refractivity contribution in [2.75, 3.05) is 5.73 Å². The van der Waals surface area contributed by atoms with Crippen LogP contribution in [0, 0.1) is 18.3 Å². The average molecular weight is 259 g/mol. The monoisotopic (exact) mass is 259 g/mol. The van der Waals surface area contributed by atoms with Crippen molar-refractivity contribution in [3.05, 3.63) is 5.69 Å². The maximum absolute atomic E-state index is 6.16. The molecule has 2 aliphatic rings. The van der Waals surface area contributed by atoms with Crippen molar-refractivity contribution in [1.82, 2.24) is 19.3 Å². The highest BCUT2D eigenvalue weighted by atomic mass is 15.4. The van der Waals surface area contributed by atoms with Crippen molar-refractivity contribution in [3.8, 4) is 0 Å². The van der Waals surface area contributed by atoms with Crippen molar-refractivity contribution in [3.63, 3.8) is 0 Å². The van der Waals surface area contributed by atoms with Gasteiger partial charge in [0.25, 0.3) is 0 Å². The van der Waals surface area contributed by atoms with E-state index in [4.69, 9.17) is 5.73 Å². The normalized spacial score (nSPS) is 21.2. The second-order valence-electron chi connectivity index (χ2n) is 6.27. The van der Waals surface area contributed by atoms with Crippen molar-refractivity contribution in [1.29, 1.82) is 0 Å². The van der Waals surface area contributed by atoms with Gasteiger partial charge in [0, 0.05) is 13.1 Å². The van der Waals surface area contributed by atoms with Crippen molar-refractivity contribution >= 4 is 17.1 Å². The standard InChI is InChI=1S/C14H21N5/c1-3-19-12-11(9(2)17-19)16-13(15)18(12)8-14(6-7-14)10-4-5-10/h10H,3-8H2,1-2H3,(H2,15,16). The molecule has 0 unspecified atom stereocenters. The van der Waals surface area contributed by atoms with E-state index in [9.17, 15) is 0 Å². The zero-order valence-corrected chi connectivity index (χ0v) is 11.7. The summed E-state index contributed by atoms with van der Waals surface area (Å²) in [4.78, 5) is 4.53. The number of nitrogens with two attached hydrogens (primary N) is 1. The van der Waals surface area contributed by atoms with Crippen LogP contribution in [0.15, 0.2) is 0 Å². The van der Waals surface area contributed by atoms with Gasteiger partial charge < -0.3 is 5.73 Å². The van der Waals surface area contributed by atoms with Crippen LogP contribution in [0.3, 0.4) is 0 Å². The lowest BCUT2D eigenvalue weighted by Crippen LogP contribution is -2.17. The molecule has 0 aliphatic heterocycles. The lowest BCUT2D eigenvalue weighted by molar-refractivity contribution is 0.374. The second-order valence-corrected chi connectivity index (χ2v) is 6.27. The second kappa shape index (κ2) is 3.52. The third-order valence-electron chi connectivity index (χ3n) is 4.94. The van der Waals surface area contributed by atoms with Gasteiger partial charge in [0.1, 0.15) is 5.52 Å². The Morgan fingerprint density at radius 1 is 1.37 bits per heavy atom. The summed E-state index contributed by atoms with van der Waals surface area (Å²) in [5, 5.41) is 4.56. The Morgan fingerprint density at radius 3 is 2.68 bits per heavy atom. The summed E-state index contributed by atoms with van der Waals surface area (Å²) in [7, 11) is 0. The number of imidazole rings is 1. The van der Waals surface area contributed by atoms with E-state index in [1.165, 1.54) is 25.7 Å². The molecule has 2 fully saturated rings. The third-order valence-corrected chi connectivity index (χ3v) is 4.94. The van der Waals surface area contributed by atoms with Crippen LogP contribution in [0.5, 0.6) is 0 Å². The Labute approximate surface area is 112 Å². The predicted molar refractivity (Wildman–Crippen MR) is 74.7 cm³/mol. The van der Waals surface area contributed by atoms with Gasteiger partial charge in [-0.3, -0.25) is 4.57 Å². The van der Waals surface area contributed by atoms with Gasteiger partial charge in [0.2, 0.25) is 5.95 Å². The van der Waals surface area contributed by atoms with Gasteiger partial charge in [-0.2, -0.15) is 5.10 Å². The van der Waals surface area contributed by atoms with Crippen LogP contribution in [0.1, 0.15) is 38.3 Å². The van der Waals surface area contributed by atoms with Gasteiger partial charge in [0.05, 0.1) is 5.69 Å². The summed E-state index contributed by atoms with van der Waals surface area (Å²) in [6, 6.07) is 0. The molecule has 0 spiro atoms. The molecule has 5 nitrogen and oxygen atoms in total. The molecule has 0 amide bonds. The first kappa shape index (κ1) is 11.3. The molecule has 4 rings (SSSR count). The van der Waals surface area contributed by atoms with Gasteiger partial charge in [-0.05, 0) is 50.9 Å². The number of rotatable bonds is 4. The average Bonchev–Trinajstić information content (AvgIpc) is 3.27. The van der Waals surface area contributed by atoms with Gasteiger partial charge >= 0.3 is 0 Å². The van der Waals surface area contributed by atoms with Crippen LogP contribution in [0.2, 0.25) is 0 Å². The molecule has 2 aliphatic carbocycles. The number of anilines is 1. The van der Waals surface area contributed by atoms with E-state index in [1.807, 2.05) is 11.6 Å². The van der Waals surface area contributed by atoms with E-state index in [1.54, 1.807) is 0 Å². The van der Waals surface area contributed by atoms with Crippen LogP contribution in [0.25, 0.3) is 11.2 Å².